The van der Waals surface area contributed by atoms with E-state index in [1.807, 2.05) is 0 Å². The predicted molar refractivity (Wildman–Crippen MR) is 79.2 cm³/mol. The molecule has 0 aliphatic carbocycles. The minimum atomic E-state index is -4.80. The minimum Gasteiger partial charge on any atom is -0.487 e. The molecule has 0 atom stereocenters. The third-order valence-corrected chi connectivity index (χ3v) is 3.42. The summed E-state index contributed by atoms with van der Waals surface area (Å²) in [5.74, 6) is 0.313. The summed E-state index contributed by atoms with van der Waals surface area (Å²) in [5.41, 5.74) is -0.721. The van der Waals surface area contributed by atoms with Gasteiger partial charge in [-0.1, -0.05) is 18.2 Å². The van der Waals surface area contributed by atoms with Crippen molar-refractivity contribution in [2.24, 2.45) is 7.05 Å². The summed E-state index contributed by atoms with van der Waals surface area (Å²) >= 11 is 0. The van der Waals surface area contributed by atoms with Gasteiger partial charge in [0.15, 0.2) is 0 Å². The van der Waals surface area contributed by atoms with Gasteiger partial charge >= 0.3 is 12.0 Å². The number of aryl methyl sites for hydroxylation is 2. The summed E-state index contributed by atoms with van der Waals surface area (Å²) in [6.45, 7) is 1.15. The number of hydrogen-bond acceptors (Lipinski definition) is 5. The average molecular weight is 356 g/mol. The molecule has 0 aliphatic heterocycles. The molecule has 8 nitrogen and oxygen atoms in total. The highest BCUT2D eigenvalue weighted by atomic mass is 19.4. The van der Waals surface area contributed by atoms with Crippen LogP contribution in [0.4, 0.5) is 13.2 Å². The van der Waals surface area contributed by atoms with Crippen LogP contribution in [-0.2, 0) is 20.0 Å². The van der Waals surface area contributed by atoms with E-state index in [9.17, 15) is 18.0 Å². The second-order valence-electron chi connectivity index (χ2n) is 5.13. The largest absolute Gasteiger partial charge is 0.504 e. The van der Waals surface area contributed by atoms with Gasteiger partial charge in [0, 0.05) is 7.05 Å². The highest BCUT2D eigenvalue weighted by Crippen LogP contribution is 2.27. The Morgan fingerprint density at radius 3 is 2.68 bits per heavy atom. The highest BCUT2D eigenvalue weighted by molar-refractivity contribution is 5.35. The van der Waals surface area contributed by atoms with Crippen LogP contribution in [0.1, 0.15) is 12.6 Å². The predicted octanol–water partition coefficient (Wildman–Crippen LogP) is 1.53. The maximum Gasteiger partial charge on any atom is 0.504 e. The SMILES string of the molecule is [3H]c1ccc(OCc2c(-n3nnn(C)c3=O)cnn2C(F)(F)F)c(C)c1. The standard InChI is InChI=1S/C14H13F3N6O2/c1-9-5-3-4-6-12(9)25-8-11-10(7-18-23(11)14(15,16)17)22-13(24)21(2)19-20-22/h3-7H,8H2,1-2H3/i3T. The molecule has 0 saturated carbocycles. The van der Waals surface area contributed by atoms with Crippen molar-refractivity contribution in [2.45, 2.75) is 19.8 Å². The molecule has 3 rings (SSSR count). The van der Waals surface area contributed by atoms with Crippen LogP contribution in [-0.4, -0.2) is 29.6 Å². The number of aromatic nitrogens is 6. The first-order valence-corrected chi connectivity index (χ1v) is 7.02. The smallest absolute Gasteiger partial charge is 0.487 e. The molecule has 2 aromatic heterocycles. The van der Waals surface area contributed by atoms with Crippen LogP contribution in [0, 0.1) is 6.92 Å². The Morgan fingerprint density at radius 1 is 1.32 bits per heavy atom. The average Bonchev–Trinajstić information content (AvgIpc) is 3.10. The van der Waals surface area contributed by atoms with Gasteiger partial charge in [0.25, 0.3) is 0 Å². The first kappa shape index (κ1) is 15.4. The van der Waals surface area contributed by atoms with Crippen LogP contribution in [0.25, 0.3) is 5.69 Å². The van der Waals surface area contributed by atoms with E-state index in [1.165, 1.54) is 25.2 Å². The maximum absolute atomic E-state index is 13.2. The first-order valence-electron chi connectivity index (χ1n) is 7.52. The summed E-state index contributed by atoms with van der Waals surface area (Å²) in [6, 6.07) is 4.71. The van der Waals surface area contributed by atoms with Crippen LogP contribution >= 0.6 is 0 Å². The lowest BCUT2D eigenvalue weighted by molar-refractivity contribution is -0.214. The molecule has 0 radical (unpaired) electrons. The summed E-state index contributed by atoms with van der Waals surface area (Å²) in [4.78, 5) is 12.0. The molecular formula is C14H13F3N6O2. The number of tetrazole rings is 1. The molecule has 132 valence electrons. The number of ether oxygens (including phenoxy) is 1. The van der Waals surface area contributed by atoms with Crippen LogP contribution < -0.4 is 10.4 Å². The number of alkyl halides is 3. The number of hydrogen-bond donors (Lipinski definition) is 0. The quantitative estimate of drug-likeness (QED) is 0.708. The normalized spacial score (nSPS) is 12.3. The molecule has 0 fully saturated rings. The molecule has 0 spiro atoms. The van der Waals surface area contributed by atoms with Crippen molar-refractivity contribution < 1.29 is 19.3 Å². The second kappa shape index (κ2) is 6.07. The van der Waals surface area contributed by atoms with Crippen LogP contribution in [0.15, 0.2) is 35.2 Å². The summed E-state index contributed by atoms with van der Waals surface area (Å²) in [6.07, 6.45) is -3.93. The number of para-hydroxylation sites is 1. The summed E-state index contributed by atoms with van der Waals surface area (Å²) in [7, 11) is 1.32. The molecule has 0 N–H and O–H groups in total. The van der Waals surface area contributed by atoms with Crippen molar-refractivity contribution in [3.63, 3.8) is 0 Å². The lowest BCUT2D eigenvalue weighted by Gasteiger charge is -2.13. The summed E-state index contributed by atoms with van der Waals surface area (Å²) < 4.78 is 54.1. The fourth-order valence-corrected chi connectivity index (χ4v) is 2.17. The van der Waals surface area contributed by atoms with Gasteiger partial charge in [0.2, 0.25) is 0 Å². The molecule has 0 unspecified atom stereocenters. The van der Waals surface area contributed by atoms with Crippen molar-refractivity contribution >= 4 is 0 Å². The zero-order chi connectivity index (χ0) is 19.1. The summed E-state index contributed by atoms with van der Waals surface area (Å²) in [5, 5.41) is 10.3. The molecule has 11 heteroatoms. The second-order valence-corrected chi connectivity index (χ2v) is 5.13. The zero-order valence-corrected chi connectivity index (χ0v) is 13.2. The Labute approximate surface area is 140 Å². The molecule has 0 bridgehead atoms. The fourth-order valence-electron chi connectivity index (χ4n) is 2.17. The van der Waals surface area contributed by atoms with E-state index in [4.69, 9.17) is 6.11 Å². The third kappa shape index (κ3) is 3.12. The van der Waals surface area contributed by atoms with E-state index >= 15 is 0 Å². The van der Waals surface area contributed by atoms with Gasteiger partial charge in [-0.25, -0.2) is 4.79 Å². The van der Waals surface area contributed by atoms with Gasteiger partial charge in [-0.05, 0) is 29.0 Å². The molecule has 0 saturated heterocycles. The Hall–Kier alpha value is -3.11. The number of halogens is 3. The molecular weight excluding hydrogens is 341 g/mol. The van der Waals surface area contributed by atoms with E-state index in [-0.39, 0.29) is 16.4 Å². The molecule has 2 heterocycles. The van der Waals surface area contributed by atoms with E-state index in [1.54, 1.807) is 6.92 Å². The van der Waals surface area contributed by atoms with Crippen molar-refractivity contribution in [3.05, 3.63) is 52.2 Å². The van der Waals surface area contributed by atoms with E-state index in [0.29, 0.717) is 16.0 Å². The Bertz CT molecular complexity index is 1010. The molecule has 0 amide bonds. The Kier molecular flexibility index (Phi) is 3.75. The third-order valence-electron chi connectivity index (χ3n) is 3.42. The zero-order valence-electron chi connectivity index (χ0n) is 14.2. The topological polar surface area (TPSA) is 79.8 Å². The highest BCUT2D eigenvalue weighted by Gasteiger charge is 2.36. The van der Waals surface area contributed by atoms with Crippen LogP contribution in [0.2, 0.25) is 0 Å². The first-order chi connectivity index (χ1) is 12.2. The lowest BCUT2D eigenvalue weighted by Crippen LogP contribution is -2.25. The van der Waals surface area contributed by atoms with Gasteiger partial charge in [0.1, 0.15) is 23.7 Å². The van der Waals surface area contributed by atoms with Gasteiger partial charge in [-0.3, -0.25) is 0 Å². The molecule has 3 aromatic rings. The number of nitrogens with zero attached hydrogens (tertiary/aromatic N) is 6. The van der Waals surface area contributed by atoms with Crippen molar-refractivity contribution in [1.29, 1.82) is 0 Å². The maximum atomic E-state index is 13.2. The van der Waals surface area contributed by atoms with E-state index in [0.717, 1.165) is 10.9 Å². The molecule has 1 aromatic carbocycles. The van der Waals surface area contributed by atoms with Crippen LogP contribution in [0.3, 0.4) is 0 Å². The Balaban J connectivity index is 2.02. The van der Waals surface area contributed by atoms with Crippen molar-refractivity contribution in [2.75, 3.05) is 0 Å². The van der Waals surface area contributed by atoms with E-state index in [2.05, 4.69) is 15.5 Å². The van der Waals surface area contributed by atoms with Crippen LogP contribution in [0.5, 0.6) is 5.75 Å². The lowest BCUT2D eigenvalue weighted by atomic mass is 10.2. The van der Waals surface area contributed by atoms with Gasteiger partial charge in [-0.2, -0.15) is 19.1 Å². The Morgan fingerprint density at radius 2 is 2.08 bits per heavy atom. The van der Waals surface area contributed by atoms with Crippen molar-refractivity contribution in [1.82, 2.24) is 29.6 Å². The molecule has 25 heavy (non-hydrogen) atoms. The van der Waals surface area contributed by atoms with Gasteiger partial charge in [-0.15, -0.1) is 13.2 Å². The number of benzene rings is 1. The van der Waals surface area contributed by atoms with Gasteiger partial charge < -0.3 is 4.74 Å². The molecule has 0 aliphatic rings. The fraction of sp³-hybridized carbons (Fsp3) is 0.286. The minimum absolute atomic E-state index is 0.183. The van der Waals surface area contributed by atoms with Gasteiger partial charge in [0.05, 0.1) is 7.57 Å². The monoisotopic (exact) mass is 356 g/mol. The number of rotatable bonds is 4. The van der Waals surface area contributed by atoms with E-state index < -0.39 is 24.3 Å². The van der Waals surface area contributed by atoms with Crippen molar-refractivity contribution in [3.8, 4) is 11.4 Å².